The fraction of sp³-hybridized carbons (Fsp3) is 0.471. The van der Waals surface area contributed by atoms with Crippen molar-refractivity contribution >= 4 is 28.6 Å². The van der Waals surface area contributed by atoms with Gasteiger partial charge in [0, 0.05) is 25.4 Å². The summed E-state index contributed by atoms with van der Waals surface area (Å²) in [7, 11) is 0. The highest BCUT2D eigenvalue weighted by atomic mass is 32.1. The van der Waals surface area contributed by atoms with Crippen LogP contribution >= 0.6 is 22.7 Å². The molecule has 2 rings (SSSR count). The molecule has 0 amide bonds. The van der Waals surface area contributed by atoms with Crippen molar-refractivity contribution in [1.29, 1.82) is 0 Å². The first-order valence-corrected chi connectivity index (χ1v) is 9.14. The third-order valence-corrected chi connectivity index (χ3v) is 6.11. The highest BCUT2D eigenvalue weighted by Gasteiger charge is 2.22. The molecule has 2 heterocycles. The second-order valence-corrected chi connectivity index (χ2v) is 7.28. The molecule has 0 aliphatic rings. The van der Waals surface area contributed by atoms with E-state index in [1.165, 1.54) is 19.5 Å². The number of aryl methyl sites for hydroxylation is 2. The average Bonchev–Trinajstić information content (AvgIpc) is 3.14. The maximum Gasteiger partial charge on any atom is 0.306 e. The van der Waals surface area contributed by atoms with Crippen LogP contribution in [0.5, 0.6) is 0 Å². The summed E-state index contributed by atoms with van der Waals surface area (Å²) in [4.78, 5) is 17.2. The monoisotopic (exact) mass is 322 g/mol. The van der Waals surface area contributed by atoms with Gasteiger partial charge in [0.05, 0.1) is 13.0 Å². The summed E-state index contributed by atoms with van der Waals surface area (Å²) in [6.07, 6.45) is 2.52. The van der Waals surface area contributed by atoms with Crippen LogP contribution < -0.4 is 0 Å². The van der Waals surface area contributed by atoms with Crippen molar-refractivity contribution < 1.29 is 9.53 Å². The van der Waals surface area contributed by atoms with Gasteiger partial charge in [0.25, 0.3) is 0 Å². The quantitative estimate of drug-likeness (QED) is 0.669. The minimum atomic E-state index is -0.111. The van der Waals surface area contributed by atoms with Gasteiger partial charge in [0.2, 0.25) is 0 Å². The van der Waals surface area contributed by atoms with Crippen LogP contribution in [-0.2, 0) is 22.4 Å². The van der Waals surface area contributed by atoms with Crippen LogP contribution in [0.1, 0.15) is 52.6 Å². The summed E-state index contributed by atoms with van der Waals surface area (Å²) in [6, 6.07) is 8.68. The molecular weight excluding hydrogens is 300 g/mol. The maximum absolute atomic E-state index is 11.9. The van der Waals surface area contributed by atoms with E-state index in [1.807, 2.05) is 29.6 Å². The molecule has 0 aromatic carbocycles. The third kappa shape index (κ3) is 4.17. The molecule has 4 heteroatoms. The number of esters is 1. The number of thiophene rings is 2. The topological polar surface area (TPSA) is 26.3 Å². The molecule has 0 aliphatic heterocycles. The van der Waals surface area contributed by atoms with E-state index in [4.69, 9.17) is 4.74 Å². The normalized spacial score (nSPS) is 11.0. The van der Waals surface area contributed by atoms with E-state index in [1.54, 1.807) is 0 Å². The van der Waals surface area contributed by atoms with Crippen LogP contribution in [0.3, 0.4) is 0 Å². The lowest BCUT2D eigenvalue weighted by Crippen LogP contribution is -2.10. The Morgan fingerprint density at radius 2 is 1.52 bits per heavy atom. The SMILES string of the molecule is CCOC(=O)CC(c1ccc(CC)s1)c1ccc(CC)s1. The Bertz CT molecular complexity index is 541. The van der Waals surface area contributed by atoms with E-state index in [0.717, 1.165) is 12.8 Å². The van der Waals surface area contributed by atoms with Crippen LogP contribution in [0.2, 0.25) is 0 Å². The minimum Gasteiger partial charge on any atom is -0.466 e. The minimum absolute atomic E-state index is 0.111. The first-order chi connectivity index (χ1) is 10.2. The summed E-state index contributed by atoms with van der Waals surface area (Å²) in [5.41, 5.74) is 0. The van der Waals surface area contributed by atoms with E-state index in [2.05, 4.69) is 38.1 Å². The van der Waals surface area contributed by atoms with Crippen molar-refractivity contribution in [2.45, 2.75) is 46.0 Å². The van der Waals surface area contributed by atoms with Gasteiger partial charge in [-0.1, -0.05) is 13.8 Å². The van der Waals surface area contributed by atoms with Crippen LogP contribution in [0.25, 0.3) is 0 Å². The molecule has 114 valence electrons. The van der Waals surface area contributed by atoms with Crippen LogP contribution in [0.15, 0.2) is 24.3 Å². The molecule has 2 aromatic heterocycles. The van der Waals surface area contributed by atoms with E-state index in [-0.39, 0.29) is 11.9 Å². The Kier molecular flexibility index (Phi) is 6.00. The van der Waals surface area contributed by atoms with Gasteiger partial charge < -0.3 is 4.74 Å². The van der Waals surface area contributed by atoms with Gasteiger partial charge >= 0.3 is 5.97 Å². The lowest BCUT2D eigenvalue weighted by molar-refractivity contribution is -0.143. The van der Waals surface area contributed by atoms with Crippen LogP contribution in [-0.4, -0.2) is 12.6 Å². The van der Waals surface area contributed by atoms with Crippen molar-refractivity contribution in [3.05, 3.63) is 43.8 Å². The highest BCUT2D eigenvalue weighted by molar-refractivity contribution is 7.13. The number of hydrogen-bond donors (Lipinski definition) is 0. The third-order valence-electron chi connectivity index (χ3n) is 3.42. The molecule has 0 unspecified atom stereocenters. The molecule has 0 aliphatic carbocycles. The first kappa shape index (κ1) is 16.2. The van der Waals surface area contributed by atoms with Crippen LogP contribution in [0.4, 0.5) is 0 Å². The van der Waals surface area contributed by atoms with E-state index in [0.29, 0.717) is 13.0 Å². The van der Waals surface area contributed by atoms with Crippen molar-refractivity contribution in [1.82, 2.24) is 0 Å². The first-order valence-electron chi connectivity index (χ1n) is 7.50. The average molecular weight is 322 g/mol. The lowest BCUT2D eigenvalue weighted by Gasteiger charge is -2.13. The summed E-state index contributed by atoms with van der Waals surface area (Å²) in [5.74, 6) is 0.0278. The standard InChI is InChI=1S/C17H22O2S2/c1-4-12-7-9-15(20-12)14(11-17(18)19-6-3)16-10-8-13(5-2)21-16/h7-10,14H,4-6,11H2,1-3H3. The second-order valence-electron chi connectivity index (χ2n) is 4.88. The van der Waals surface area contributed by atoms with E-state index < -0.39 is 0 Å². The van der Waals surface area contributed by atoms with Gasteiger partial charge in [-0.25, -0.2) is 0 Å². The zero-order chi connectivity index (χ0) is 15.2. The van der Waals surface area contributed by atoms with Crippen LogP contribution in [0, 0.1) is 0 Å². The Balaban J connectivity index is 2.26. The molecule has 0 spiro atoms. The smallest absolute Gasteiger partial charge is 0.306 e. The second kappa shape index (κ2) is 7.76. The van der Waals surface area contributed by atoms with Gasteiger partial charge in [0.1, 0.15) is 0 Å². The largest absolute Gasteiger partial charge is 0.466 e. The van der Waals surface area contributed by atoms with Gasteiger partial charge in [0.15, 0.2) is 0 Å². The summed E-state index contributed by atoms with van der Waals surface area (Å²) in [5, 5.41) is 0. The van der Waals surface area contributed by atoms with E-state index in [9.17, 15) is 4.79 Å². The Hall–Kier alpha value is -1.13. The van der Waals surface area contributed by atoms with Gasteiger partial charge in [-0.05, 0) is 44.0 Å². The summed E-state index contributed by atoms with van der Waals surface area (Å²) in [6.45, 7) is 6.63. The molecule has 0 bridgehead atoms. The zero-order valence-electron chi connectivity index (χ0n) is 12.8. The molecule has 21 heavy (non-hydrogen) atoms. The number of ether oxygens (including phenoxy) is 1. The molecule has 0 saturated carbocycles. The molecule has 0 atom stereocenters. The fourth-order valence-corrected chi connectivity index (χ4v) is 4.49. The lowest BCUT2D eigenvalue weighted by atomic mass is 10.0. The predicted octanol–water partition coefficient (Wildman–Crippen LogP) is 5.02. The van der Waals surface area contributed by atoms with Crippen molar-refractivity contribution in [2.24, 2.45) is 0 Å². The zero-order valence-corrected chi connectivity index (χ0v) is 14.5. The Morgan fingerprint density at radius 1 is 1.00 bits per heavy atom. The Labute approximate surface area is 134 Å². The molecule has 2 aromatic rings. The Morgan fingerprint density at radius 3 is 1.90 bits per heavy atom. The predicted molar refractivity (Wildman–Crippen MR) is 90.5 cm³/mol. The maximum atomic E-state index is 11.9. The molecule has 0 N–H and O–H groups in total. The fourth-order valence-electron chi connectivity index (χ4n) is 2.27. The van der Waals surface area contributed by atoms with E-state index >= 15 is 0 Å². The number of rotatable bonds is 7. The molecule has 0 saturated heterocycles. The van der Waals surface area contributed by atoms with Gasteiger partial charge in [-0.2, -0.15) is 0 Å². The number of carbonyl (C=O) groups excluding carboxylic acids is 1. The molecular formula is C17H22O2S2. The van der Waals surface area contributed by atoms with Crippen molar-refractivity contribution in [3.63, 3.8) is 0 Å². The molecule has 0 fully saturated rings. The highest BCUT2D eigenvalue weighted by Crippen LogP contribution is 2.37. The summed E-state index contributed by atoms with van der Waals surface area (Å²) >= 11 is 3.62. The summed E-state index contributed by atoms with van der Waals surface area (Å²) < 4.78 is 5.15. The van der Waals surface area contributed by atoms with Crippen molar-refractivity contribution in [3.8, 4) is 0 Å². The molecule has 0 radical (unpaired) electrons. The van der Waals surface area contributed by atoms with Gasteiger partial charge in [-0.15, -0.1) is 22.7 Å². The number of carbonyl (C=O) groups is 1. The molecule has 2 nitrogen and oxygen atoms in total. The van der Waals surface area contributed by atoms with Crippen molar-refractivity contribution in [2.75, 3.05) is 6.61 Å². The number of hydrogen-bond acceptors (Lipinski definition) is 4. The van der Waals surface area contributed by atoms with Gasteiger partial charge in [-0.3, -0.25) is 4.79 Å².